The van der Waals surface area contributed by atoms with Crippen LogP contribution in [0.3, 0.4) is 0 Å². The third kappa shape index (κ3) is 3.56. The molecule has 0 bridgehead atoms. The topological polar surface area (TPSA) is 86.9 Å². The first-order chi connectivity index (χ1) is 11.8. The van der Waals surface area contributed by atoms with Crippen LogP contribution in [0.5, 0.6) is 0 Å². The molecule has 0 fully saturated rings. The number of aryl methyl sites for hydroxylation is 1. The Morgan fingerprint density at radius 3 is 2.68 bits per heavy atom. The van der Waals surface area contributed by atoms with Gasteiger partial charge in [-0.15, -0.1) is 11.3 Å². The third-order valence-corrected chi connectivity index (χ3v) is 4.92. The summed E-state index contributed by atoms with van der Waals surface area (Å²) in [4.78, 5) is 25.3. The molecule has 0 radical (unpaired) electrons. The van der Waals surface area contributed by atoms with Crippen molar-refractivity contribution in [2.75, 3.05) is 10.6 Å². The van der Waals surface area contributed by atoms with Gasteiger partial charge in [-0.25, -0.2) is 0 Å². The summed E-state index contributed by atoms with van der Waals surface area (Å²) in [6, 6.07) is 7.43. The Morgan fingerprint density at radius 2 is 1.96 bits per heavy atom. The normalized spacial score (nSPS) is 11.5. The van der Waals surface area contributed by atoms with Crippen LogP contribution < -0.4 is 10.6 Å². The van der Waals surface area contributed by atoms with Gasteiger partial charge < -0.3 is 10.6 Å². The number of carbonyl (C=O) groups is 2. The highest BCUT2D eigenvalue weighted by atomic mass is 32.1. The Labute approximate surface area is 149 Å². The summed E-state index contributed by atoms with van der Waals surface area (Å²) in [7, 11) is 0. The van der Waals surface area contributed by atoms with Crippen LogP contribution in [0.1, 0.15) is 36.0 Å². The van der Waals surface area contributed by atoms with Gasteiger partial charge in [-0.1, -0.05) is 32.9 Å². The van der Waals surface area contributed by atoms with E-state index in [1.165, 1.54) is 11.3 Å². The van der Waals surface area contributed by atoms with E-state index in [9.17, 15) is 9.59 Å². The van der Waals surface area contributed by atoms with E-state index in [0.29, 0.717) is 15.6 Å². The van der Waals surface area contributed by atoms with Crippen molar-refractivity contribution < 1.29 is 9.59 Å². The average Bonchev–Trinajstić information content (AvgIpc) is 3.13. The summed E-state index contributed by atoms with van der Waals surface area (Å²) in [5.74, 6) is -0.288. The number of nitrogens with one attached hydrogen (secondary N) is 3. The molecule has 6 nitrogen and oxygen atoms in total. The molecule has 3 aromatic rings. The fourth-order valence-electron chi connectivity index (χ4n) is 2.32. The molecular weight excluding hydrogens is 336 g/mol. The zero-order valence-electron chi connectivity index (χ0n) is 14.6. The van der Waals surface area contributed by atoms with E-state index in [4.69, 9.17) is 0 Å². The number of nitrogens with zero attached hydrogens (tertiary/aromatic N) is 1. The second-order valence-electron chi connectivity index (χ2n) is 6.92. The van der Waals surface area contributed by atoms with Crippen molar-refractivity contribution in [3.05, 3.63) is 40.9 Å². The van der Waals surface area contributed by atoms with E-state index in [1.54, 1.807) is 6.20 Å². The number of amides is 2. The molecule has 2 aromatic heterocycles. The molecule has 2 heterocycles. The van der Waals surface area contributed by atoms with Crippen LogP contribution in [0.15, 0.2) is 30.5 Å². The minimum atomic E-state index is -0.490. The molecule has 3 rings (SSSR count). The van der Waals surface area contributed by atoms with Gasteiger partial charge in [0.25, 0.3) is 5.91 Å². The Balaban J connectivity index is 1.81. The Bertz CT molecular complexity index is 950. The number of thiophene rings is 1. The van der Waals surface area contributed by atoms with E-state index in [0.717, 1.165) is 16.5 Å². The van der Waals surface area contributed by atoms with E-state index >= 15 is 0 Å². The van der Waals surface area contributed by atoms with E-state index in [1.807, 2.05) is 52.0 Å². The molecule has 0 aliphatic carbocycles. The standard InChI is InChI=1S/C18H20N4O2S/c1-10-8-13(21-17(24)18(2,3)4)25-15(10)16(23)20-12-7-5-6-11-9-19-22-14(11)12/h5-9H,1-4H3,(H,19,22)(H,20,23)(H,21,24). The molecule has 2 amide bonds. The van der Waals surface area contributed by atoms with Gasteiger partial charge in [0.05, 0.1) is 27.3 Å². The van der Waals surface area contributed by atoms with Crippen molar-refractivity contribution in [3.8, 4) is 0 Å². The molecule has 130 valence electrons. The van der Waals surface area contributed by atoms with Crippen molar-refractivity contribution in [2.24, 2.45) is 5.41 Å². The molecule has 0 atom stereocenters. The largest absolute Gasteiger partial charge is 0.319 e. The number of rotatable bonds is 3. The quantitative estimate of drug-likeness (QED) is 0.658. The van der Waals surface area contributed by atoms with Crippen LogP contribution in [0.2, 0.25) is 0 Å². The lowest BCUT2D eigenvalue weighted by Gasteiger charge is -2.16. The van der Waals surface area contributed by atoms with Crippen LogP contribution in [0.4, 0.5) is 10.7 Å². The summed E-state index contributed by atoms with van der Waals surface area (Å²) in [5.41, 5.74) is 1.79. The summed E-state index contributed by atoms with van der Waals surface area (Å²) < 4.78 is 0. The van der Waals surface area contributed by atoms with Crippen LogP contribution in [0.25, 0.3) is 10.9 Å². The van der Waals surface area contributed by atoms with Crippen molar-refractivity contribution in [2.45, 2.75) is 27.7 Å². The van der Waals surface area contributed by atoms with Gasteiger partial charge in [-0.3, -0.25) is 14.7 Å². The lowest BCUT2D eigenvalue weighted by molar-refractivity contribution is -0.123. The van der Waals surface area contributed by atoms with Gasteiger partial charge in [0.1, 0.15) is 0 Å². The minimum absolute atomic E-state index is 0.0806. The van der Waals surface area contributed by atoms with Crippen LogP contribution in [0, 0.1) is 12.3 Å². The van der Waals surface area contributed by atoms with Crippen molar-refractivity contribution >= 4 is 44.7 Å². The second-order valence-corrected chi connectivity index (χ2v) is 7.97. The Morgan fingerprint density at radius 1 is 1.20 bits per heavy atom. The monoisotopic (exact) mass is 356 g/mol. The number of hydrogen-bond donors (Lipinski definition) is 3. The molecule has 0 aliphatic rings. The highest BCUT2D eigenvalue weighted by molar-refractivity contribution is 7.18. The molecule has 1 aromatic carbocycles. The number of H-pyrrole nitrogens is 1. The van der Waals surface area contributed by atoms with Gasteiger partial charge in [0.2, 0.25) is 5.91 Å². The summed E-state index contributed by atoms with van der Waals surface area (Å²) in [6.07, 6.45) is 1.71. The predicted octanol–water partition coefficient (Wildman–Crippen LogP) is 4.17. The predicted molar refractivity (Wildman–Crippen MR) is 101 cm³/mol. The number of aromatic nitrogens is 2. The third-order valence-electron chi connectivity index (χ3n) is 3.77. The maximum absolute atomic E-state index is 12.6. The number of benzene rings is 1. The number of carbonyl (C=O) groups excluding carboxylic acids is 2. The van der Waals surface area contributed by atoms with Crippen LogP contribution in [-0.2, 0) is 4.79 Å². The Hall–Kier alpha value is -2.67. The SMILES string of the molecule is Cc1cc(NC(=O)C(C)(C)C)sc1C(=O)Nc1cccc2cn[nH]c12. The summed E-state index contributed by atoms with van der Waals surface area (Å²) >= 11 is 1.27. The molecule has 0 aliphatic heterocycles. The first-order valence-corrected chi connectivity index (χ1v) is 8.72. The van der Waals surface area contributed by atoms with Gasteiger partial charge >= 0.3 is 0 Å². The zero-order valence-corrected chi connectivity index (χ0v) is 15.4. The van der Waals surface area contributed by atoms with Crippen molar-refractivity contribution in [1.82, 2.24) is 10.2 Å². The first-order valence-electron chi connectivity index (χ1n) is 7.91. The molecular formula is C18H20N4O2S. The molecule has 3 N–H and O–H groups in total. The first kappa shape index (κ1) is 17.2. The van der Waals surface area contributed by atoms with Crippen LogP contribution in [-0.4, -0.2) is 22.0 Å². The molecule has 7 heteroatoms. The van der Waals surface area contributed by atoms with Gasteiger partial charge in [0.15, 0.2) is 0 Å². The minimum Gasteiger partial charge on any atom is -0.319 e. The highest BCUT2D eigenvalue weighted by Crippen LogP contribution is 2.30. The van der Waals surface area contributed by atoms with Gasteiger partial charge in [0, 0.05) is 10.8 Å². The molecule has 0 saturated carbocycles. The van der Waals surface area contributed by atoms with Crippen molar-refractivity contribution in [1.29, 1.82) is 0 Å². The van der Waals surface area contributed by atoms with E-state index in [-0.39, 0.29) is 11.8 Å². The number of para-hydroxylation sites is 1. The molecule has 0 spiro atoms. The second kappa shape index (κ2) is 6.33. The fraction of sp³-hybridized carbons (Fsp3) is 0.278. The van der Waals surface area contributed by atoms with Crippen molar-refractivity contribution in [3.63, 3.8) is 0 Å². The van der Waals surface area contributed by atoms with Crippen LogP contribution >= 0.6 is 11.3 Å². The number of anilines is 2. The van der Waals surface area contributed by atoms with E-state index < -0.39 is 5.41 Å². The molecule has 0 unspecified atom stereocenters. The summed E-state index contributed by atoms with van der Waals surface area (Å²) in [6.45, 7) is 7.40. The Kier molecular flexibility index (Phi) is 4.34. The molecule has 25 heavy (non-hydrogen) atoms. The number of hydrogen-bond acceptors (Lipinski definition) is 4. The number of aromatic amines is 1. The number of fused-ring (bicyclic) bond motifs is 1. The van der Waals surface area contributed by atoms with Gasteiger partial charge in [-0.05, 0) is 24.6 Å². The maximum atomic E-state index is 12.6. The highest BCUT2D eigenvalue weighted by Gasteiger charge is 2.23. The van der Waals surface area contributed by atoms with Gasteiger partial charge in [-0.2, -0.15) is 5.10 Å². The fourth-order valence-corrected chi connectivity index (χ4v) is 3.28. The lowest BCUT2D eigenvalue weighted by Crippen LogP contribution is -2.27. The zero-order chi connectivity index (χ0) is 18.2. The average molecular weight is 356 g/mol. The summed E-state index contributed by atoms with van der Waals surface area (Å²) in [5, 5.41) is 14.3. The maximum Gasteiger partial charge on any atom is 0.266 e. The molecule has 0 saturated heterocycles. The van der Waals surface area contributed by atoms with E-state index in [2.05, 4.69) is 20.8 Å². The smallest absolute Gasteiger partial charge is 0.266 e. The lowest BCUT2D eigenvalue weighted by atomic mass is 9.96.